The molecular formula is C17H26FN. The van der Waals surface area contributed by atoms with E-state index in [0.29, 0.717) is 11.5 Å². The van der Waals surface area contributed by atoms with E-state index in [-0.39, 0.29) is 11.9 Å². The Bertz CT molecular complexity index is 403. The molecule has 1 unspecified atom stereocenters. The molecule has 0 spiro atoms. The van der Waals surface area contributed by atoms with Crippen LogP contribution in [0.25, 0.3) is 0 Å². The van der Waals surface area contributed by atoms with Crippen molar-refractivity contribution in [2.45, 2.75) is 65.0 Å². The van der Waals surface area contributed by atoms with Crippen LogP contribution >= 0.6 is 0 Å². The summed E-state index contributed by atoms with van der Waals surface area (Å²) < 4.78 is 13.9. The van der Waals surface area contributed by atoms with Gasteiger partial charge in [-0.05, 0) is 43.6 Å². The van der Waals surface area contributed by atoms with Gasteiger partial charge >= 0.3 is 0 Å². The monoisotopic (exact) mass is 263 g/mol. The SMILES string of the molecule is CCC(NC1CCC(C)(C)CC1)c1ccccc1F. The van der Waals surface area contributed by atoms with Crippen molar-refractivity contribution in [2.75, 3.05) is 0 Å². The van der Waals surface area contributed by atoms with Crippen LogP contribution in [-0.2, 0) is 0 Å². The molecule has 1 atom stereocenters. The van der Waals surface area contributed by atoms with E-state index in [1.165, 1.54) is 25.7 Å². The first-order chi connectivity index (χ1) is 9.02. The van der Waals surface area contributed by atoms with Crippen molar-refractivity contribution >= 4 is 0 Å². The minimum Gasteiger partial charge on any atom is -0.307 e. The lowest BCUT2D eigenvalue weighted by Gasteiger charge is -2.36. The number of hydrogen-bond acceptors (Lipinski definition) is 1. The Morgan fingerprint density at radius 2 is 1.89 bits per heavy atom. The maximum atomic E-state index is 13.9. The van der Waals surface area contributed by atoms with Gasteiger partial charge < -0.3 is 5.32 Å². The Labute approximate surface area is 116 Å². The van der Waals surface area contributed by atoms with Crippen LogP contribution in [0.15, 0.2) is 24.3 Å². The number of halogens is 1. The molecule has 0 aromatic heterocycles. The Morgan fingerprint density at radius 1 is 1.26 bits per heavy atom. The van der Waals surface area contributed by atoms with Gasteiger partial charge in [0.2, 0.25) is 0 Å². The average Bonchev–Trinajstić information content (AvgIpc) is 2.39. The predicted octanol–water partition coefficient (Wildman–Crippen LogP) is 4.84. The van der Waals surface area contributed by atoms with Gasteiger partial charge in [-0.3, -0.25) is 0 Å². The summed E-state index contributed by atoms with van der Waals surface area (Å²) in [7, 11) is 0. The lowest BCUT2D eigenvalue weighted by atomic mass is 9.75. The first kappa shape index (κ1) is 14.5. The van der Waals surface area contributed by atoms with Crippen molar-refractivity contribution in [3.8, 4) is 0 Å². The Kier molecular flexibility index (Phi) is 4.62. The molecule has 0 bridgehead atoms. The summed E-state index contributed by atoms with van der Waals surface area (Å²) >= 11 is 0. The molecule has 0 radical (unpaired) electrons. The number of benzene rings is 1. The van der Waals surface area contributed by atoms with Gasteiger partial charge in [0.15, 0.2) is 0 Å². The summed E-state index contributed by atoms with van der Waals surface area (Å²) in [5, 5.41) is 3.66. The fourth-order valence-electron chi connectivity index (χ4n) is 3.04. The van der Waals surface area contributed by atoms with Crippen molar-refractivity contribution in [1.82, 2.24) is 5.32 Å². The summed E-state index contributed by atoms with van der Waals surface area (Å²) in [4.78, 5) is 0. The minimum absolute atomic E-state index is 0.0852. The van der Waals surface area contributed by atoms with Gasteiger partial charge in [-0.25, -0.2) is 4.39 Å². The predicted molar refractivity (Wildman–Crippen MR) is 78.6 cm³/mol. The molecule has 0 heterocycles. The molecule has 1 aromatic rings. The van der Waals surface area contributed by atoms with Gasteiger partial charge in [-0.15, -0.1) is 0 Å². The van der Waals surface area contributed by atoms with Crippen molar-refractivity contribution in [2.24, 2.45) is 5.41 Å². The third-order valence-corrected chi connectivity index (χ3v) is 4.46. The molecule has 1 nitrogen and oxygen atoms in total. The van der Waals surface area contributed by atoms with E-state index in [9.17, 15) is 4.39 Å². The van der Waals surface area contributed by atoms with Crippen LogP contribution < -0.4 is 5.32 Å². The largest absolute Gasteiger partial charge is 0.307 e. The summed E-state index contributed by atoms with van der Waals surface area (Å²) in [6, 6.07) is 7.83. The summed E-state index contributed by atoms with van der Waals surface area (Å²) in [5.41, 5.74) is 1.30. The molecule has 0 amide bonds. The summed E-state index contributed by atoms with van der Waals surface area (Å²) in [6.45, 7) is 6.81. The van der Waals surface area contributed by atoms with Gasteiger partial charge in [0, 0.05) is 17.6 Å². The quantitative estimate of drug-likeness (QED) is 0.820. The van der Waals surface area contributed by atoms with Crippen molar-refractivity contribution < 1.29 is 4.39 Å². The van der Waals surface area contributed by atoms with Gasteiger partial charge in [0.1, 0.15) is 5.82 Å². The molecule has 0 aliphatic heterocycles. The van der Waals surface area contributed by atoms with Gasteiger partial charge in [0.25, 0.3) is 0 Å². The third-order valence-electron chi connectivity index (χ3n) is 4.46. The van der Waals surface area contributed by atoms with E-state index in [2.05, 4.69) is 26.1 Å². The van der Waals surface area contributed by atoms with Gasteiger partial charge in [-0.2, -0.15) is 0 Å². The molecule has 1 saturated carbocycles. The fraction of sp³-hybridized carbons (Fsp3) is 0.647. The second kappa shape index (κ2) is 6.04. The van der Waals surface area contributed by atoms with Crippen LogP contribution in [0.2, 0.25) is 0 Å². The highest BCUT2D eigenvalue weighted by Crippen LogP contribution is 2.36. The molecule has 2 heteroatoms. The Hall–Kier alpha value is -0.890. The molecule has 106 valence electrons. The normalized spacial score (nSPS) is 21.3. The summed E-state index contributed by atoms with van der Waals surface area (Å²) in [6.07, 6.45) is 5.87. The van der Waals surface area contributed by atoms with E-state index in [0.717, 1.165) is 12.0 Å². The molecule has 1 aliphatic carbocycles. The van der Waals surface area contributed by atoms with E-state index in [4.69, 9.17) is 0 Å². The molecule has 1 aromatic carbocycles. The molecule has 1 N–H and O–H groups in total. The van der Waals surface area contributed by atoms with Crippen molar-refractivity contribution in [3.63, 3.8) is 0 Å². The molecule has 0 saturated heterocycles. The summed E-state index contributed by atoms with van der Waals surface area (Å²) in [5.74, 6) is -0.0852. The zero-order chi connectivity index (χ0) is 13.9. The zero-order valence-corrected chi connectivity index (χ0v) is 12.4. The van der Waals surface area contributed by atoms with Crippen LogP contribution in [0.5, 0.6) is 0 Å². The third kappa shape index (κ3) is 3.79. The van der Waals surface area contributed by atoms with Crippen molar-refractivity contribution in [1.29, 1.82) is 0 Å². The molecule has 1 fully saturated rings. The van der Waals surface area contributed by atoms with Crippen molar-refractivity contribution in [3.05, 3.63) is 35.6 Å². The lowest BCUT2D eigenvalue weighted by molar-refractivity contribution is 0.196. The van der Waals surface area contributed by atoms with E-state index in [1.54, 1.807) is 12.1 Å². The molecule has 1 aliphatic rings. The van der Waals surface area contributed by atoms with Crippen LogP contribution in [0, 0.1) is 11.2 Å². The first-order valence-electron chi connectivity index (χ1n) is 7.52. The van der Waals surface area contributed by atoms with Crippen LogP contribution in [0.3, 0.4) is 0 Å². The minimum atomic E-state index is -0.0852. The number of nitrogens with one attached hydrogen (secondary N) is 1. The van der Waals surface area contributed by atoms with E-state index >= 15 is 0 Å². The molecule has 19 heavy (non-hydrogen) atoms. The number of rotatable bonds is 4. The first-order valence-corrected chi connectivity index (χ1v) is 7.52. The van der Waals surface area contributed by atoms with E-state index < -0.39 is 0 Å². The standard InChI is InChI=1S/C17H26FN/c1-4-16(14-7-5-6-8-15(14)18)19-13-9-11-17(2,3)12-10-13/h5-8,13,16,19H,4,9-12H2,1-3H3. The average molecular weight is 263 g/mol. The highest BCUT2D eigenvalue weighted by Gasteiger charge is 2.28. The molecule has 2 rings (SSSR count). The van der Waals surface area contributed by atoms with Gasteiger partial charge in [0.05, 0.1) is 0 Å². The highest BCUT2D eigenvalue weighted by atomic mass is 19.1. The maximum absolute atomic E-state index is 13.9. The maximum Gasteiger partial charge on any atom is 0.127 e. The van der Waals surface area contributed by atoms with E-state index in [1.807, 2.05) is 12.1 Å². The molecular weight excluding hydrogens is 237 g/mol. The number of hydrogen-bond donors (Lipinski definition) is 1. The van der Waals surface area contributed by atoms with Gasteiger partial charge in [-0.1, -0.05) is 39.0 Å². The smallest absolute Gasteiger partial charge is 0.127 e. The Morgan fingerprint density at radius 3 is 2.47 bits per heavy atom. The topological polar surface area (TPSA) is 12.0 Å². The second-order valence-corrected chi connectivity index (χ2v) is 6.59. The second-order valence-electron chi connectivity index (χ2n) is 6.59. The van der Waals surface area contributed by atoms with Crippen LogP contribution in [0.1, 0.15) is 64.5 Å². The fourth-order valence-corrected chi connectivity index (χ4v) is 3.04. The van der Waals surface area contributed by atoms with Crippen LogP contribution in [-0.4, -0.2) is 6.04 Å². The van der Waals surface area contributed by atoms with Crippen LogP contribution in [0.4, 0.5) is 4.39 Å². The lowest BCUT2D eigenvalue weighted by Crippen LogP contribution is -2.38. The highest BCUT2D eigenvalue weighted by molar-refractivity contribution is 5.21. The zero-order valence-electron chi connectivity index (χ0n) is 12.4. The Balaban J connectivity index is 1.99.